The van der Waals surface area contributed by atoms with Crippen molar-refractivity contribution in [2.45, 2.75) is 12.3 Å². The number of carbonyl (C=O) groups is 2. The van der Waals surface area contributed by atoms with E-state index in [4.69, 9.17) is 11.6 Å². The van der Waals surface area contributed by atoms with Gasteiger partial charge >= 0.3 is 0 Å². The largest absolute Gasteiger partial charge is 0.326 e. The van der Waals surface area contributed by atoms with Crippen molar-refractivity contribution in [3.8, 4) is 0 Å². The van der Waals surface area contributed by atoms with Crippen LogP contribution in [-0.2, 0) is 4.79 Å². The molecule has 0 bridgehead atoms. The van der Waals surface area contributed by atoms with Crippen molar-refractivity contribution in [2.24, 2.45) is 5.92 Å². The molecule has 0 unspecified atom stereocenters. The van der Waals surface area contributed by atoms with Crippen LogP contribution >= 0.6 is 11.6 Å². The number of pyridine rings is 1. The summed E-state index contributed by atoms with van der Waals surface area (Å²) in [6, 6.07) is 18.6. The van der Waals surface area contributed by atoms with E-state index in [1.165, 1.54) is 6.07 Å². The number of nitrogens with zero attached hydrogens (tertiary/aromatic N) is 1. The van der Waals surface area contributed by atoms with Crippen LogP contribution in [0.3, 0.4) is 0 Å². The molecule has 0 radical (unpaired) electrons. The third kappa shape index (κ3) is 4.56. The number of rotatable bonds is 5. The van der Waals surface area contributed by atoms with E-state index in [0.29, 0.717) is 28.4 Å². The summed E-state index contributed by atoms with van der Waals surface area (Å²) >= 11 is 5.93. The molecule has 1 aliphatic carbocycles. The van der Waals surface area contributed by atoms with Crippen LogP contribution in [0.2, 0.25) is 5.02 Å². The number of hydrogen-bond donors (Lipinski definition) is 2. The lowest BCUT2D eigenvalue weighted by Crippen LogP contribution is -2.15. The van der Waals surface area contributed by atoms with E-state index < -0.39 is 11.7 Å². The highest BCUT2D eigenvalue weighted by Gasteiger charge is 2.45. The highest BCUT2D eigenvalue weighted by molar-refractivity contribution is 6.31. The number of nitrogens with one attached hydrogen (secondary N) is 2. The van der Waals surface area contributed by atoms with Gasteiger partial charge in [-0.3, -0.25) is 14.6 Å². The Morgan fingerprint density at radius 1 is 0.939 bits per heavy atom. The molecule has 164 valence electrons. The maximum atomic E-state index is 14.8. The van der Waals surface area contributed by atoms with Crippen LogP contribution < -0.4 is 10.6 Å². The molecule has 0 spiro atoms. The molecule has 33 heavy (non-hydrogen) atoms. The molecule has 1 aliphatic rings. The van der Waals surface area contributed by atoms with Crippen LogP contribution in [0.25, 0.3) is 10.8 Å². The molecule has 2 atom stereocenters. The first-order chi connectivity index (χ1) is 16.0. The lowest BCUT2D eigenvalue weighted by atomic mass is 10.0. The Labute approximate surface area is 194 Å². The Balaban J connectivity index is 1.24. The van der Waals surface area contributed by atoms with Crippen molar-refractivity contribution in [2.75, 3.05) is 10.6 Å². The molecule has 1 fully saturated rings. The SMILES string of the molecule is O=C(Nc1cccc(Cl)c1)c1ccc([C@@H]2C[C@H]2C(=O)Nc2ccc3cnccc3c2)c(F)c1. The molecule has 7 heteroatoms. The summed E-state index contributed by atoms with van der Waals surface area (Å²) < 4.78 is 14.8. The number of aromatic nitrogens is 1. The van der Waals surface area contributed by atoms with Gasteiger partial charge in [-0.2, -0.15) is 0 Å². The molecule has 4 aromatic rings. The third-order valence-corrected chi connectivity index (χ3v) is 6.02. The first-order valence-electron chi connectivity index (χ1n) is 10.5. The van der Waals surface area contributed by atoms with Crippen LogP contribution in [0, 0.1) is 11.7 Å². The van der Waals surface area contributed by atoms with Gasteiger partial charge in [-0.1, -0.05) is 29.8 Å². The normalized spacial score (nSPS) is 16.9. The van der Waals surface area contributed by atoms with Crippen molar-refractivity contribution >= 4 is 45.6 Å². The Morgan fingerprint density at radius 2 is 1.79 bits per heavy atom. The monoisotopic (exact) mass is 459 g/mol. The van der Waals surface area contributed by atoms with E-state index in [1.54, 1.807) is 48.8 Å². The quantitative estimate of drug-likeness (QED) is 0.383. The van der Waals surface area contributed by atoms with Gasteiger partial charge in [0.25, 0.3) is 5.91 Å². The van der Waals surface area contributed by atoms with Crippen LogP contribution in [0.15, 0.2) is 79.1 Å². The number of anilines is 2. The summed E-state index contributed by atoms with van der Waals surface area (Å²) in [7, 11) is 0. The Morgan fingerprint density at radius 3 is 2.61 bits per heavy atom. The lowest BCUT2D eigenvalue weighted by Gasteiger charge is -2.09. The molecule has 0 saturated heterocycles. The second-order valence-corrected chi connectivity index (χ2v) is 8.51. The number of halogens is 2. The molecule has 1 heterocycles. The zero-order chi connectivity index (χ0) is 22.9. The summed E-state index contributed by atoms with van der Waals surface area (Å²) in [6.45, 7) is 0. The molecule has 5 rings (SSSR count). The fourth-order valence-corrected chi connectivity index (χ4v) is 4.15. The minimum Gasteiger partial charge on any atom is -0.326 e. The molecular weight excluding hydrogens is 441 g/mol. The maximum Gasteiger partial charge on any atom is 0.255 e. The van der Waals surface area contributed by atoms with E-state index in [2.05, 4.69) is 15.6 Å². The minimum atomic E-state index is -0.493. The van der Waals surface area contributed by atoms with Crippen molar-refractivity contribution < 1.29 is 14.0 Å². The molecule has 3 aromatic carbocycles. The molecule has 1 saturated carbocycles. The highest BCUT2D eigenvalue weighted by atomic mass is 35.5. The first-order valence-corrected chi connectivity index (χ1v) is 10.9. The van der Waals surface area contributed by atoms with Gasteiger partial charge < -0.3 is 10.6 Å². The van der Waals surface area contributed by atoms with Crippen LogP contribution in [0.5, 0.6) is 0 Å². The average Bonchev–Trinajstić information content (AvgIpc) is 3.60. The molecule has 2 N–H and O–H groups in total. The minimum absolute atomic E-state index is 0.143. The summed E-state index contributed by atoms with van der Waals surface area (Å²) in [6.07, 6.45) is 4.03. The summed E-state index contributed by atoms with van der Waals surface area (Å²) in [5.41, 5.74) is 1.86. The number of carbonyl (C=O) groups excluding carboxylic acids is 2. The molecule has 5 nitrogen and oxygen atoms in total. The van der Waals surface area contributed by atoms with Gasteiger partial charge in [-0.05, 0) is 71.8 Å². The highest BCUT2D eigenvalue weighted by Crippen LogP contribution is 2.49. The van der Waals surface area contributed by atoms with Crippen LogP contribution in [-0.4, -0.2) is 16.8 Å². The number of benzene rings is 3. The zero-order valence-corrected chi connectivity index (χ0v) is 18.1. The van der Waals surface area contributed by atoms with Gasteiger partial charge in [0.2, 0.25) is 5.91 Å². The fraction of sp³-hybridized carbons (Fsp3) is 0.115. The van der Waals surface area contributed by atoms with Crippen molar-refractivity contribution in [3.63, 3.8) is 0 Å². The average molecular weight is 460 g/mol. The summed E-state index contributed by atoms with van der Waals surface area (Å²) in [5, 5.41) is 8.08. The zero-order valence-electron chi connectivity index (χ0n) is 17.4. The van der Waals surface area contributed by atoms with E-state index in [-0.39, 0.29) is 23.3 Å². The van der Waals surface area contributed by atoms with Gasteiger partial charge in [0, 0.05) is 45.7 Å². The number of amides is 2. The fourth-order valence-electron chi connectivity index (χ4n) is 3.96. The second-order valence-electron chi connectivity index (χ2n) is 8.08. The molecule has 0 aliphatic heterocycles. The van der Waals surface area contributed by atoms with Crippen molar-refractivity contribution in [3.05, 3.63) is 101 Å². The van der Waals surface area contributed by atoms with E-state index in [9.17, 15) is 14.0 Å². The van der Waals surface area contributed by atoms with Crippen LogP contribution in [0.4, 0.5) is 15.8 Å². The van der Waals surface area contributed by atoms with E-state index >= 15 is 0 Å². The van der Waals surface area contributed by atoms with Gasteiger partial charge in [0.1, 0.15) is 5.82 Å². The maximum absolute atomic E-state index is 14.8. The first kappa shape index (κ1) is 21.1. The molecular formula is C26H19ClFN3O2. The number of hydrogen-bond acceptors (Lipinski definition) is 3. The van der Waals surface area contributed by atoms with Crippen molar-refractivity contribution in [1.82, 2.24) is 4.98 Å². The van der Waals surface area contributed by atoms with Gasteiger partial charge in [-0.15, -0.1) is 0 Å². The molecule has 2 amide bonds. The predicted octanol–water partition coefficient (Wildman–Crippen LogP) is 6.02. The molecule has 1 aromatic heterocycles. The topological polar surface area (TPSA) is 71.1 Å². The third-order valence-electron chi connectivity index (χ3n) is 5.78. The van der Waals surface area contributed by atoms with Gasteiger partial charge in [0.05, 0.1) is 0 Å². The second kappa shape index (κ2) is 8.64. The Bertz CT molecular complexity index is 1390. The van der Waals surface area contributed by atoms with E-state index in [0.717, 1.165) is 10.8 Å². The van der Waals surface area contributed by atoms with Gasteiger partial charge in [-0.25, -0.2) is 4.39 Å². The van der Waals surface area contributed by atoms with Crippen molar-refractivity contribution in [1.29, 1.82) is 0 Å². The van der Waals surface area contributed by atoms with E-state index in [1.807, 2.05) is 24.3 Å². The smallest absolute Gasteiger partial charge is 0.255 e. The number of fused-ring (bicyclic) bond motifs is 1. The van der Waals surface area contributed by atoms with Crippen LogP contribution in [0.1, 0.15) is 28.3 Å². The Hall–Kier alpha value is -3.77. The van der Waals surface area contributed by atoms with Gasteiger partial charge in [0.15, 0.2) is 0 Å². The predicted molar refractivity (Wildman–Crippen MR) is 127 cm³/mol. The summed E-state index contributed by atoms with van der Waals surface area (Å²) in [4.78, 5) is 29.2. The Kier molecular flexibility index (Phi) is 5.52. The standard InChI is InChI=1S/C26H19ClFN3O2/c27-18-2-1-3-19(12-18)30-25(32)16-5-7-21(24(28)11-16)22-13-23(22)26(33)31-20-6-4-17-14-29-9-8-15(17)10-20/h1-12,14,22-23H,13H2,(H,30,32)(H,31,33)/t22-,23+/m0/s1. The lowest BCUT2D eigenvalue weighted by molar-refractivity contribution is -0.117. The summed E-state index contributed by atoms with van der Waals surface area (Å²) in [5.74, 6) is -1.58.